The number of amides is 1. The fraction of sp³-hybridized carbons (Fsp3) is 0.364. The number of carbonyl (C=O) groups excluding carboxylic acids is 1. The van der Waals surface area contributed by atoms with Crippen molar-refractivity contribution < 1.29 is 14.3 Å². The molecule has 0 spiro atoms. The van der Waals surface area contributed by atoms with Gasteiger partial charge in [0.05, 0.1) is 17.1 Å². The lowest BCUT2D eigenvalue weighted by molar-refractivity contribution is -0.134. The Morgan fingerprint density at radius 2 is 1.86 bits per heavy atom. The van der Waals surface area contributed by atoms with Crippen LogP contribution >= 0.6 is 11.6 Å². The van der Waals surface area contributed by atoms with E-state index < -0.39 is 0 Å². The smallest absolute Gasteiger partial charge is 0.242 e. The lowest BCUT2D eigenvalue weighted by atomic mass is 10.1. The Hall–Kier alpha value is -2.57. The molecule has 1 fully saturated rings. The van der Waals surface area contributed by atoms with Crippen LogP contribution in [0.1, 0.15) is 18.7 Å². The average Bonchev–Trinajstić information content (AvgIpc) is 3.11. The molecule has 1 saturated heterocycles. The molecule has 0 bridgehead atoms. The SMILES string of the molecule is COC1CCN(C(=O)Cn2c(COc3ccc(Cl)cc3)nc3ccccc32)CC1. The highest BCUT2D eigenvalue weighted by Crippen LogP contribution is 2.21. The zero-order chi connectivity index (χ0) is 20.2. The van der Waals surface area contributed by atoms with E-state index in [-0.39, 0.29) is 25.2 Å². The van der Waals surface area contributed by atoms with Crippen molar-refractivity contribution in [3.8, 4) is 5.75 Å². The van der Waals surface area contributed by atoms with Crippen molar-refractivity contribution in [2.24, 2.45) is 0 Å². The first-order chi connectivity index (χ1) is 14.1. The van der Waals surface area contributed by atoms with Gasteiger partial charge in [0.15, 0.2) is 0 Å². The van der Waals surface area contributed by atoms with Crippen LogP contribution in [0.5, 0.6) is 5.75 Å². The molecule has 3 aromatic rings. The molecule has 2 aromatic carbocycles. The maximum Gasteiger partial charge on any atom is 0.242 e. The summed E-state index contributed by atoms with van der Waals surface area (Å²) in [5.74, 6) is 1.53. The highest BCUT2D eigenvalue weighted by molar-refractivity contribution is 6.30. The van der Waals surface area contributed by atoms with Gasteiger partial charge in [-0.05, 0) is 49.2 Å². The molecular formula is C22H24ClN3O3. The third kappa shape index (κ3) is 4.54. The van der Waals surface area contributed by atoms with Gasteiger partial charge < -0.3 is 18.9 Å². The molecule has 1 aromatic heterocycles. The van der Waals surface area contributed by atoms with Gasteiger partial charge in [0, 0.05) is 25.2 Å². The molecule has 0 N–H and O–H groups in total. The minimum atomic E-state index is 0.0930. The number of carbonyl (C=O) groups is 1. The fourth-order valence-corrected chi connectivity index (χ4v) is 3.79. The number of piperidine rings is 1. The van der Waals surface area contributed by atoms with E-state index in [4.69, 9.17) is 21.1 Å². The molecule has 1 aliphatic heterocycles. The van der Waals surface area contributed by atoms with Crippen molar-refractivity contribution in [1.29, 1.82) is 0 Å². The molecule has 0 radical (unpaired) electrons. The number of hydrogen-bond donors (Lipinski definition) is 0. The van der Waals surface area contributed by atoms with Gasteiger partial charge in [-0.2, -0.15) is 0 Å². The minimum Gasteiger partial charge on any atom is -0.486 e. The summed E-state index contributed by atoms with van der Waals surface area (Å²) >= 11 is 5.93. The average molecular weight is 414 g/mol. The number of benzene rings is 2. The first-order valence-corrected chi connectivity index (χ1v) is 10.1. The second-order valence-corrected chi connectivity index (χ2v) is 7.60. The predicted molar refractivity (Wildman–Crippen MR) is 112 cm³/mol. The van der Waals surface area contributed by atoms with E-state index in [1.807, 2.05) is 45.9 Å². The molecule has 29 heavy (non-hydrogen) atoms. The van der Waals surface area contributed by atoms with Crippen LogP contribution in [-0.2, 0) is 22.7 Å². The minimum absolute atomic E-state index is 0.0930. The van der Waals surface area contributed by atoms with Gasteiger partial charge in [-0.1, -0.05) is 23.7 Å². The van der Waals surface area contributed by atoms with Crippen molar-refractivity contribution in [2.45, 2.75) is 32.1 Å². The van der Waals surface area contributed by atoms with Crippen LogP contribution in [0.2, 0.25) is 5.02 Å². The number of methoxy groups -OCH3 is 1. The quantitative estimate of drug-likeness (QED) is 0.614. The van der Waals surface area contributed by atoms with Crippen LogP contribution in [0.15, 0.2) is 48.5 Å². The topological polar surface area (TPSA) is 56.6 Å². The lowest BCUT2D eigenvalue weighted by Crippen LogP contribution is -2.42. The third-order valence-corrected chi connectivity index (χ3v) is 5.59. The molecular weight excluding hydrogens is 390 g/mol. The maximum absolute atomic E-state index is 12.9. The summed E-state index contributed by atoms with van der Waals surface area (Å²) < 4.78 is 13.2. The summed E-state index contributed by atoms with van der Waals surface area (Å²) in [5, 5.41) is 0.660. The lowest BCUT2D eigenvalue weighted by Gasteiger charge is -2.31. The molecule has 4 rings (SSSR count). The van der Waals surface area contributed by atoms with Crippen LogP contribution in [0, 0.1) is 0 Å². The van der Waals surface area contributed by atoms with Crippen molar-refractivity contribution >= 4 is 28.5 Å². The van der Waals surface area contributed by atoms with Crippen molar-refractivity contribution in [3.63, 3.8) is 0 Å². The molecule has 0 atom stereocenters. The number of aromatic nitrogens is 2. The molecule has 0 saturated carbocycles. The van der Waals surface area contributed by atoms with Crippen LogP contribution in [0.3, 0.4) is 0 Å². The summed E-state index contributed by atoms with van der Waals surface area (Å²) in [6, 6.07) is 15.0. The number of likely N-dealkylation sites (tertiary alicyclic amines) is 1. The monoisotopic (exact) mass is 413 g/mol. The van der Waals surface area contributed by atoms with E-state index in [0.717, 1.165) is 42.8 Å². The van der Waals surface area contributed by atoms with Gasteiger partial charge >= 0.3 is 0 Å². The number of ether oxygens (including phenoxy) is 2. The number of para-hydroxylation sites is 2. The summed E-state index contributed by atoms with van der Waals surface area (Å²) in [7, 11) is 1.73. The normalized spacial score (nSPS) is 15.0. The molecule has 1 aliphatic rings. The van der Waals surface area contributed by atoms with Gasteiger partial charge in [-0.15, -0.1) is 0 Å². The van der Waals surface area contributed by atoms with E-state index in [9.17, 15) is 4.79 Å². The van der Waals surface area contributed by atoms with E-state index >= 15 is 0 Å². The maximum atomic E-state index is 12.9. The van der Waals surface area contributed by atoms with Gasteiger partial charge in [0.1, 0.15) is 24.7 Å². The Morgan fingerprint density at radius 3 is 2.59 bits per heavy atom. The number of nitrogens with zero attached hydrogens (tertiary/aromatic N) is 3. The number of halogens is 1. The largest absolute Gasteiger partial charge is 0.486 e. The van der Waals surface area contributed by atoms with Crippen molar-refractivity contribution in [1.82, 2.24) is 14.5 Å². The summed E-state index contributed by atoms with van der Waals surface area (Å²) in [4.78, 5) is 19.5. The first kappa shape index (κ1) is 19.7. The Morgan fingerprint density at radius 1 is 1.14 bits per heavy atom. The van der Waals surface area contributed by atoms with E-state index in [0.29, 0.717) is 10.8 Å². The Kier molecular flexibility index (Phi) is 6.02. The Bertz CT molecular complexity index is 979. The zero-order valence-corrected chi connectivity index (χ0v) is 17.1. The second kappa shape index (κ2) is 8.84. The highest BCUT2D eigenvalue weighted by atomic mass is 35.5. The van der Waals surface area contributed by atoms with Gasteiger partial charge in [-0.3, -0.25) is 4.79 Å². The number of imidazole rings is 1. The summed E-state index contributed by atoms with van der Waals surface area (Å²) in [5.41, 5.74) is 1.79. The van der Waals surface area contributed by atoms with Crippen LogP contribution in [0.4, 0.5) is 0 Å². The molecule has 2 heterocycles. The first-order valence-electron chi connectivity index (χ1n) is 9.77. The number of fused-ring (bicyclic) bond motifs is 1. The van der Waals surface area contributed by atoms with Crippen LogP contribution < -0.4 is 4.74 Å². The summed E-state index contributed by atoms with van der Waals surface area (Å²) in [6.07, 6.45) is 2.00. The molecule has 0 aliphatic carbocycles. The standard InChI is InChI=1S/C22H24ClN3O3/c1-28-17-10-12-25(13-11-17)22(27)14-26-20-5-3-2-4-19(20)24-21(26)15-29-18-8-6-16(23)7-9-18/h2-9,17H,10-15H2,1H3. The molecule has 152 valence electrons. The van der Waals surface area contributed by atoms with E-state index in [2.05, 4.69) is 4.98 Å². The van der Waals surface area contributed by atoms with Gasteiger partial charge in [-0.25, -0.2) is 4.98 Å². The second-order valence-electron chi connectivity index (χ2n) is 7.16. The highest BCUT2D eigenvalue weighted by Gasteiger charge is 2.24. The summed E-state index contributed by atoms with van der Waals surface area (Å²) in [6.45, 7) is 1.97. The van der Waals surface area contributed by atoms with E-state index in [1.165, 1.54) is 0 Å². The van der Waals surface area contributed by atoms with Crippen molar-refractivity contribution in [2.75, 3.05) is 20.2 Å². The number of rotatable bonds is 6. The van der Waals surface area contributed by atoms with Gasteiger partial charge in [0.25, 0.3) is 0 Å². The fourth-order valence-electron chi connectivity index (χ4n) is 3.67. The number of hydrogen-bond acceptors (Lipinski definition) is 4. The van der Waals surface area contributed by atoms with Gasteiger partial charge in [0.2, 0.25) is 5.91 Å². The van der Waals surface area contributed by atoms with Crippen LogP contribution in [-0.4, -0.2) is 46.7 Å². The Balaban J connectivity index is 1.52. The Labute approximate surface area is 175 Å². The molecule has 0 unspecified atom stereocenters. The third-order valence-electron chi connectivity index (χ3n) is 5.34. The zero-order valence-electron chi connectivity index (χ0n) is 16.4. The van der Waals surface area contributed by atoms with Crippen LogP contribution in [0.25, 0.3) is 11.0 Å². The predicted octanol–water partition coefficient (Wildman–Crippen LogP) is 3.91. The molecule has 6 nitrogen and oxygen atoms in total. The van der Waals surface area contributed by atoms with Crippen molar-refractivity contribution in [3.05, 3.63) is 59.4 Å². The molecule has 7 heteroatoms. The molecule has 1 amide bonds. The van der Waals surface area contributed by atoms with E-state index in [1.54, 1.807) is 19.2 Å².